The van der Waals surface area contributed by atoms with Gasteiger partial charge in [0.15, 0.2) is 0 Å². The van der Waals surface area contributed by atoms with Crippen molar-refractivity contribution in [3.05, 3.63) is 48.5 Å². The van der Waals surface area contributed by atoms with E-state index in [1.807, 2.05) is 0 Å². The molecular formula is C20H13NaO13S4. The van der Waals surface area contributed by atoms with Gasteiger partial charge in [0.25, 0.3) is 40.5 Å². The summed E-state index contributed by atoms with van der Waals surface area (Å²) in [7, 11) is -19.5. The normalized spacial score (nSPS) is 13.4. The Labute approximate surface area is 236 Å². The van der Waals surface area contributed by atoms with Crippen molar-refractivity contribution in [3.63, 3.8) is 0 Å². The molecule has 0 saturated heterocycles. The van der Waals surface area contributed by atoms with Gasteiger partial charge in [0.1, 0.15) is 21.0 Å². The second-order valence-electron chi connectivity index (χ2n) is 7.91. The van der Waals surface area contributed by atoms with Crippen LogP contribution in [0.4, 0.5) is 0 Å². The van der Waals surface area contributed by atoms with E-state index in [0.29, 0.717) is 0 Å². The van der Waals surface area contributed by atoms with E-state index in [-0.39, 0.29) is 73.0 Å². The molecule has 0 amide bonds. The van der Waals surface area contributed by atoms with E-state index in [2.05, 4.69) is 0 Å². The van der Waals surface area contributed by atoms with Crippen molar-refractivity contribution in [1.29, 1.82) is 0 Å². The second kappa shape index (κ2) is 8.93. The third kappa shape index (κ3) is 4.73. The topological polar surface area (TPSA) is 231 Å². The van der Waals surface area contributed by atoms with Crippen LogP contribution in [0.1, 0.15) is 0 Å². The Morgan fingerprint density at radius 3 is 1.11 bits per heavy atom. The number of furan rings is 1. The van der Waals surface area contributed by atoms with Crippen LogP contribution in [0.2, 0.25) is 0 Å². The van der Waals surface area contributed by atoms with Crippen LogP contribution >= 0.6 is 0 Å². The molecule has 13 nitrogen and oxygen atoms in total. The summed E-state index contributed by atoms with van der Waals surface area (Å²) in [6.07, 6.45) is 0. The molecule has 5 rings (SSSR count). The minimum atomic E-state index is -4.98. The number of hydrogen-bond donors (Lipinski definition) is 4. The van der Waals surface area contributed by atoms with Crippen molar-refractivity contribution < 1.29 is 56.3 Å². The Bertz CT molecular complexity index is 2120. The van der Waals surface area contributed by atoms with E-state index in [0.717, 1.165) is 48.5 Å². The molecule has 1 aromatic heterocycles. The molecule has 0 bridgehead atoms. The Morgan fingerprint density at radius 2 is 0.816 bits per heavy atom. The van der Waals surface area contributed by atoms with E-state index < -0.39 is 60.1 Å². The molecule has 38 heavy (non-hydrogen) atoms. The van der Waals surface area contributed by atoms with Gasteiger partial charge in [-0.25, -0.2) is 0 Å². The molecule has 0 saturated carbocycles. The van der Waals surface area contributed by atoms with Crippen LogP contribution in [0, 0.1) is 0 Å². The zero-order chi connectivity index (χ0) is 27.3. The van der Waals surface area contributed by atoms with Crippen molar-refractivity contribution in [2.24, 2.45) is 0 Å². The first-order valence-electron chi connectivity index (χ1n) is 9.67. The van der Waals surface area contributed by atoms with Gasteiger partial charge >= 0.3 is 29.6 Å². The fourth-order valence-electron chi connectivity index (χ4n) is 4.24. The van der Waals surface area contributed by atoms with Crippen LogP contribution in [0.25, 0.3) is 43.5 Å². The van der Waals surface area contributed by atoms with E-state index in [1.54, 1.807) is 0 Å². The summed E-state index contributed by atoms with van der Waals surface area (Å²) in [6.45, 7) is 0. The van der Waals surface area contributed by atoms with Crippen molar-refractivity contribution in [3.8, 4) is 0 Å². The van der Waals surface area contributed by atoms with Gasteiger partial charge in [-0.2, -0.15) is 33.7 Å². The summed E-state index contributed by atoms with van der Waals surface area (Å²) in [4.78, 5) is -2.94. The number of fused-ring (bicyclic) bond motifs is 7. The summed E-state index contributed by atoms with van der Waals surface area (Å²) in [5.41, 5.74) is -0.412. The SMILES string of the molecule is O=S(=O)(O)c1ccc2c(c1)c(S(=O)(=O)O)cc1oc3cc(S(=O)(=O)O)c4cc(S(=O)(=O)O)ccc4c3c12.[NaH]. The standard InChI is InChI=1S/C20H12O13S4.Na.H/c21-34(22,23)9-1-3-11-13(5-9)17(36(27,28)29)7-15-19(11)20-12-4-2-10(35(24,25)26)6-14(12)18(37(30,31)32)8-16(20)33-15;;/h1-8H,(H,21,22,23)(H,24,25,26)(H,27,28,29)(H,30,31,32);;. The predicted molar refractivity (Wildman–Crippen MR) is 135 cm³/mol. The molecule has 0 aliphatic carbocycles. The maximum atomic E-state index is 12.1. The number of hydrogen-bond acceptors (Lipinski definition) is 9. The molecule has 4 N–H and O–H groups in total. The van der Waals surface area contributed by atoms with E-state index >= 15 is 0 Å². The van der Waals surface area contributed by atoms with Gasteiger partial charge in [-0.3, -0.25) is 18.2 Å². The molecule has 0 radical (unpaired) electrons. The molecule has 18 heteroatoms. The van der Waals surface area contributed by atoms with Crippen molar-refractivity contribution in [2.45, 2.75) is 19.6 Å². The third-order valence-corrected chi connectivity index (χ3v) is 9.18. The Kier molecular flexibility index (Phi) is 6.78. The molecule has 0 atom stereocenters. The molecular weight excluding hydrogens is 599 g/mol. The second-order valence-corrected chi connectivity index (χ2v) is 13.5. The summed E-state index contributed by atoms with van der Waals surface area (Å²) < 4.78 is 139. The quantitative estimate of drug-likeness (QED) is 0.169. The van der Waals surface area contributed by atoms with Crippen molar-refractivity contribution in [2.75, 3.05) is 0 Å². The molecule has 1 heterocycles. The molecule has 0 aliphatic heterocycles. The van der Waals surface area contributed by atoms with Crippen molar-refractivity contribution >= 4 is 114 Å². The van der Waals surface area contributed by atoms with Crippen LogP contribution in [-0.4, -0.2) is 81.4 Å². The summed E-state index contributed by atoms with van der Waals surface area (Å²) in [6, 6.07) is 7.47. The summed E-state index contributed by atoms with van der Waals surface area (Å²) in [5, 5.41) is -0.479. The van der Waals surface area contributed by atoms with Crippen LogP contribution in [0.5, 0.6) is 0 Å². The van der Waals surface area contributed by atoms with E-state index in [4.69, 9.17) is 4.42 Å². The third-order valence-electron chi connectivity index (χ3n) is 5.69. The Morgan fingerprint density at radius 1 is 0.474 bits per heavy atom. The Hall–Kier alpha value is -2.16. The molecule has 0 aliphatic rings. The first-order chi connectivity index (χ1) is 16.9. The minimum absolute atomic E-state index is 0. The predicted octanol–water partition coefficient (Wildman–Crippen LogP) is 2.23. The van der Waals surface area contributed by atoms with Crippen LogP contribution in [0.3, 0.4) is 0 Å². The van der Waals surface area contributed by atoms with Crippen LogP contribution in [-0.2, 0) is 40.5 Å². The Balaban J connectivity index is 0.00000336. The van der Waals surface area contributed by atoms with Gasteiger partial charge in [-0.15, -0.1) is 0 Å². The molecule has 0 unspecified atom stereocenters. The zero-order valence-electron chi connectivity index (χ0n) is 17.7. The maximum absolute atomic E-state index is 12.1. The van der Waals surface area contributed by atoms with Gasteiger partial charge in [0, 0.05) is 33.7 Å². The zero-order valence-corrected chi connectivity index (χ0v) is 21.0. The van der Waals surface area contributed by atoms with E-state index in [9.17, 15) is 51.9 Å². The van der Waals surface area contributed by atoms with Crippen LogP contribution in [0.15, 0.2) is 72.5 Å². The molecule has 5 aromatic rings. The number of rotatable bonds is 4. The van der Waals surface area contributed by atoms with Gasteiger partial charge in [-0.1, -0.05) is 12.1 Å². The van der Waals surface area contributed by atoms with Gasteiger partial charge in [0.2, 0.25) is 0 Å². The average molecular weight is 613 g/mol. The van der Waals surface area contributed by atoms with Gasteiger partial charge in [-0.05, 0) is 35.0 Å². The van der Waals surface area contributed by atoms with Crippen LogP contribution < -0.4 is 0 Å². The van der Waals surface area contributed by atoms with E-state index in [1.165, 1.54) is 0 Å². The van der Waals surface area contributed by atoms with Gasteiger partial charge < -0.3 is 4.42 Å². The molecule has 196 valence electrons. The van der Waals surface area contributed by atoms with Crippen molar-refractivity contribution in [1.82, 2.24) is 0 Å². The molecule has 0 fully saturated rings. The first kappa shape index (κ1) is 28.8. The average Bonchev–Trinajstić information content (AvgIpc) is 3.13. The fraction of sp³-hybridized carbons (Fsp3) is 0. The summed E-state index contributed by atoms with van der Waals surface area (Å²) >= 11 is 0. The monoisotopic (exact) mass is 612 g/mol. The van der Waals surface area contributed by atoms with Gasteiger partial charge in [0.05, 0.1) is 9.79 Å². The molecule has 0 spiro atoms. The summed E-state index contributed by atoms with van der Waals surface area (Å²) in [5.74, 6) is 0. The number of benzene rings is 4. The first-order valence-corrected chi connectivity index (χ1v) is 15.4. The fourth-order valence-corrected chi connectivity index (χ4v) is 6.66. The molecule has 4 aromatic carbocycles.